The fraction of sp³-hybridized carbons (Fsp3) is 0.316. The first-order valence-corrected chi connectivity index (χ1v) is 7.77. The third kappa shape index (κ3) is 5.74. The number of carbonyl (C=O) groups excluding carboxylic acids is 1. The van der Waals surface area contributed by atoms with Gasteiger partial charge in [0.25, 0.3) is 5.91 Å². The molecule has 2 aromatic rings. The van der Waals surface area contributed by atoms with Crippen molar-refractivity contribution in [1.29, 1.82) is 0 Å². The van der Waals surface area contributed by atoms with E-state index < -0.39 is 0 Å². The van der Waals surface area contributed by atoms with Gasteiger partial charge in [0.15, 0.2) is 6.61 Å². The highest BCUT2D eigenvalue weighted by atomic mass is 19.1. The molecule has 1 amide bonds. The van der Waals surface area contributed by atoms with Crippen LogP contribution in [0.5, 0.6) is 5.75 Å². The first-order valence-electron chi connectivity index (χ1n) is 7.77. The zero-order valence-electron chi connectivity index (χ0n) is 13.5. The van der Waals surface area contributed by atoms with Crippen molar-refractivity contribution >= 4 is 5.91 Å². The molecular weight excluding hydrogens is 293 g/mol. The molecule has 4 heteroatoms. The summed E-state index contributed by atoms with van der Waals surface area (Å²) >= 11 is 0. The number of hydrogen-bond donors (Lipinski definition) is 1. The summed E-state index contributed by atoms with van der Waals surface area (Å²) in [6, 6.07) is 15.5. The molecule has 3 nitrogen and oxygen atoms in total. The van der Waals surface area contributed by atoms with Gasteiger partial charge in [0.2, 0.25) is 0 Å². The maximum absolute atomic E-state index is 12.8. The molecule has 0 aromatic heterocycles. The van der Waals surface area contributed by atoms with Crippen LogP contribution in [0.25, 0.3) is 0 Å². The van der Waals surface area contributed by atoms with Gasteiger partial charge in [-0.2, -0.15) is 0 Å². The molecule has 0 bridgehead atoms. The molecule has 0 saturated heterocycles. The van der Waals surface area contributed by atoms with Crippen molar-refractivity contribution in [2.45, 2.75) is 26.3 Å². The van der Waals surface area contributed by atoms with E-state index in [1.165, 1.54) is 24.3 Å². The van der Waals surface area contributed by atoms with Gasteiger partial charge >= 0.3 is 0 Å². The zero-order valence-corrected chi connectivity index (χ0v) is 13.5. The smallest absolute Gasteiger partial charge is 0.258 e. The van der Waals surface area contributed by atoms with Crippen molar-refractivity contribution in [2.24, 2.45) is 5.92 Å². The lowest BCUT2D eigenvalue weighted by atomic mass is 9.97. The lowest BCUT2D eigenvalue weighted by Crippen LogP contribution is -2.33. The third-order valence-electron chi connectivity index (χ3n) is 3.43. The zero-order chi connectivity index (χ0) is 16.7. The van der Waals surface area contributed by atoms with Crippen LogP contribution in [0.1, 0.15) is 31.9 Å². The summed E-state index contributed by atoms with van der Waals surface area (Å²) in [5.74, 6) is 0.409. The first-order chi connectivity index (χ1) is 11.0. The Labute approximate surface area is 136 Å². The van der Waals surface area contributed by atoms with E-state index >= 15 is 0 Å². The van der Waals surface area contributed by atoms with Crippen LogP contribution in [-0.2, 0) is 4.79 Å². The summed E-state index contributed by atoms with van der Waals surface area (Å²) in [6.45, 7) is 4.15. The van der Waals surface area contributed by atoms with Crippen LogP contribution in [0.3, 0.4) is 0 Å². The number of carbonyl (C=O) groups is 1. The number of amides is 1. The van der Waals surface area contributed by atoms with E-state index in [0.29, 0.717) is 11.7 Å². The molecule has 1 atom stereocenters. The number of ether oxygens (including phenoxy) is 1. The topological polar surface area (TPSA) is 38.3 Å². The fourth-order valence-electron chi connectivity index (χ4n) is 2.35. The summed E-state index contributed by atoms with van der Waals surface area (Å²) in [4.78, 5) is 12.1. The Morgan fingerprint density at radius 1 is 1.09 bits per heavy atom. The van der Waals surface area contributed by atoms with E-state index in [0.717, 1.165) is 12.0 Å². The van der Waals surface area contributed by atoms with Gasteiger partial charge in [-0.15, -0.1) is 0 Å². The van der Waals surface area contributed by atoms with E-state index in [1.807, 2.05) is 30.3 Å². The second-order valence-corrected chi connectivity index (χ2v) is 5.90. The van der Waals surface area contributed by atoms with Crippen LogP contribution >= 0.6 is 0 Å². The monoisotopic (exact) mass is 315 g/mol. The molecule has 23 heavy (non-hydrogen) atoms. The molecule has 0 spiro atoms. The summed E-state index contributed by atoms with van der Waals surface area (Å²) in [7, 11) is 0. The largest absolute Gasteiger partial charge is 0.484 e. The molecule has 1 unspecified atom stereocenters. The van der Waals surface area contributed by atoms with Crippen molar-refractivity contribution < 1.29 is 13.9 Å². The van der Waals surface area contributed by atoms with Crippen molar-refractivity contribution in [3.63, 3.8) is 0 Å². The number of halogens is 1. The Bertz CT molecular complexity index is 611. The van der Waals surface area contributed by atoms with E-state index in [4.69, 9.17) is 4.74 Å². The second kappa shape index (κ2) is 8.32. The molecule has 0 heterocycles. The summed E-state index contributed by atoms with van der Waals surface area (Å²) in [5, 5.41) is 3.01. The normalized spacial score (nSPS) is 12.0. The molecule has 0 fully saturated rings. The second-order valence-electron chi connectivity index (χ2n) is 5.90. The highest BCUT2D eigenvalue weighted by Crippen LogP contribution is 2.21. The Hall–Kier alpha value is -2.36. The Morgan fingerprint density at radius 3 is 2.35 bits per heavy atom. The molecule has 0 saturated carbocycles. The number of benzene rings is 2. The Kier molecular flexibility index (Phi) is 6.15. The van der Waals surface area contributed by atoms with Crippen LogP contribution in [0.4, 0.5) is 4.39 Å². The molecule has 0 aliphatic carbocycles. The Balaban J connectivity index is 1.93. The first kappa shape index (κ1) is 17.0. The molecule has 2 aromatic carbocycles. The van der Waals surface area contributed by atoms with E-state index in [-0.39, 0.29) is 24.4 Å². The van der Waals surface area contributed by atoms with E-state index in [2.05, 4.69) is 19.2 Å². The van der Waals surface area contributed by atoms with E-state index in [1.54, 1.807) is 0 Å². The van der Waals surface area contributed by atoms with Crippen LogP contribution in [0.2, 0.25) is 0 Å². The van der Waals surface area contributed by atoms with Crippen molar-refractivity contribution in [3.8, 4) is 5.75 Å². The predicted molar refractivity (Wildman–Crippen MR) is 88.7 cm³/mol. The van der Waals surface area contributed by atoms with Crippen LogP contribution < -0.4 is 10.1 Å². The van der Waals surface area contributed by atoms with Gasteiger partial charge in [-0.05, 0) is 42.2 Å². The average molecular weight is 315 g/mol. The minimum Gasteiger partial charge on any atom is -0.484 e. The predicted octanol–water partition coefficient (Wildman–Crippen LogP) is 4.11. The maximum atomic E-state index is 12.8. The van der Waals surface area contributed by atoms with Gasteiger partial charge in [-0.3, -0.25) is 4.79 Å². The van der Waals surface area contributed by atoms with Crippen molar-refractivity contribution in [2.75, 3.05) is 6.61 Å². The number of hydrogen-bond acceptors (Lipinski definition) is 2. The van der Waals surface area contributed by atoms with Crippen LogP contribution in [-0.4, -0.2) is 12.5 Å². The van der Waals surface area contributed by atoms with Crippen molar-refractivity contribution in [3.05, 3.63) is 66.0 Å². The Morgan fingerprint density at radius 2 is 1.74 bits per heavy atom. The van der Waals surface area contributed by atoms with Gasteiger partial charge < -0.3 is 10.1 Å². The van der Waals surface area contributed by atoms with Crippen LogP contribution in [0.15, 0.2) is 54.6 Å². The van der Waals surface area contributed by atoms with Gasteiger partial charge in [-0.25, -0.2) is 4.39 Å². The van der Waals surface area contributed by atoms with Gasteiger partial charge in [0.05, 0.1) is 6.04 Å². The molecular formula is C19H22FNO2. The SMILES string of the molecule is CC(C)CC(NC(=O)COc1ccc(F)cc1)c1ccccc1. The van der Waals surface area contributed by atoms with Gasteiger partial charge in [-0.1, -0.05) is 44.2 Å². The van der Waals surface area contributed by atoms with Crippen molar-refractivity contribution in [1.82, 2.24) is 5.32 Å². The highest BCUT2D eigenvalue weighted by Gasteiger charge is 2.16. The van der Waals surface area contributed by atoms with Gasteiger partial charge in [0, 0.05) is 0 Å². The van der Waals surface area contributed by atoms with Crippen LogP contribution in [0, 0.1) is 11.7 Å². The molecule has 2 rings (SSSR count). The molecule has 1 N–H and O–H groups in total. The fourth-order valence-corrected chi connectivity index (χ4v) is 2.35. The third-order valence-corrected chi connectivity index (χ3v) is 3.43. The molecule has 0 aliphatic rings. The number of nitrogens with one attached hydrogen (secondary N) is 1. The quantitative estimate of drug-likeness (QED) is 0.835. The summed E-state index contributed by atoms with van der Waals surface area (Å²) in [5.41, 5.74) is 1.08. The molecule has 0 aliphatic heterocycles. The average Bonchev–Trinajstić information content (AvgIpc) is 2.54. The maximum Gasteiger partial charge on any atom is 0.258 e. The van der Waals surface area contributed by atoms with E-state index in [9.17, 15) is 9.18 Å². The highest BCUT2D eigenvalue weighted by molar-refractivity contribution is 5.78. The summed E-state index contributed by atoms with van der Waals surface area (Å²) < 4.78 is 18.2. The molecule has 0 radical (unpaired) electrons. The standard InChI is InChI=1S/C19H22FNO2/c1-14(2)12-18(15-6-4-3-5-7-15)21-19(22)13-23-17-10-8-16(20)9-11-17/h3-11,14,18H,12-13H2,1-2H3,(H,21,22). The van der Waals surface area contributed by atoms with Gasteiger partial charge in [0.1, 0.15) is 11.6 Å². The minimum atomic E-state index is -0.331. The lowest BCUT2D eigenvalue weighted by molar-refractivity contribution is -0.124. The lowest BCUT2D eigenvalue weighted by Gasteiger charge is -2.21. The minimum absolute atomic E-state index is 0.0412. The summed E-state index contributed by atoms with van der Waals surface area (Å²) in [6.07, 6.45) is 0.853. The number of rotatable bonds is 7. The molecule has 122 valence electrons.